The third kappa shape index (κ3) is 6.15. The van der Waals surface area contributed by atoms with E-state index in [-0.39, 0.29) is 29.6 Å². The van der Waals surface area contributed by atoms with Crippen molar-refractivity contribution in [2.75, 3.05) is 38.3 Å². The maximum Gasteiger partial charge on any atom is 0.233 e. The fraction of sp³-hybridized carbons (Fsp3) is 0.300. The summed E-state index contributed by atoms with van der Waals surface area (Å²) in [5.41, 5.74) is 1.54. The zero-order valence-electron chi connectivity index (χ0n) is 16.8. The van der Waals surface area contributed by atoms with Crippen LogP contribution >= 0.6 is 35.3 Å². The molecule has 3 aromatic rings. The maximum atomic E-state index is 13.1. The van der Waals surface area contributed by atoms with Crippen molar-refractivity contribution in [3.05, 3.63) is 53.1 Å². The topological polar surface area (TPSA) is 70.6 Å². The van der Waals surface area contributed by atoms with Crippen molar-refractivity contribution in [3.63, 3.8) is 0 Å². The Balaban J connectivity index is 0.00000320. The number of fused-ring (bicyclic) bond motifs is 1. The molecule has 0 fully saturated rings. The average Bonchev–Trinajstić information content (AvgIpc) is 3.05. The van der Waals surface area contributed by atoms with Gasteiger partial charge in [-0.15, -0.1) is 12.4 Å². The van der Waals surface area contributed by atoms with E-state index in [2.05, 4.69) is 4.98 Å². The molecule has 1 aromatic heterocycles. The first-order valence-corrected chi connectivity index (χ1v) is 12.0. The molecule has 162 valence electrons. The van der Waals surface area contributed by atoms with Crippen molar-refractivity contribution in [2.24, 2.45) is 0 Å². The normalized spacial score (nSPS) is 11.5. The highest BCUT2D eigenvalue weighted by Crippen LogP contribution is 2.31. The molecule has 0 aliphatic heterocycles. The van der Waals surface area contributed by atoms with Crippen LogP contribution in [0.1, 0.15) is 5.56 Å². The highest BCUT2D eigenvalue weighted by molar-refractivity contribution is 7.90. The standard InChI is InChI=1S/C20H22ClN3O3S2.ClH/c1-23(2)10-11-24(19(25)12-14-4-6-15(21)7-5-14)20-22-17-9-8-16(29(3,26)27)13-18(17)28-20;/h4-9,13H,10-12H2,1-3H3;1H. The Morgan fingerprint density at radius 3 is 2.37 bits per heavy atom. The highest BCUT2D eigenvalue weighted by Gasteiger charge is 2.21. The summed E-state index contributed by atoms with van der Waals surface area (Å²) in [7, 11) is 0.580. The van der Waals surface area contributed by atoms with Gasteiger partial charge in [-0.25, -0.2) is 13.4 Å². The predicted octanol–water partition coefficient (Wildman–Crippen LogP) is 3.91. The lowest BCUT2D eigenvalue weighted by Gasteiger charge is -2.22. The second-order valence-electron chi connectivity index (χ2n) is 7.05. The molecular weight excluding hydrogens is 465 g/mol. The number of nitrogens with zero attached hydrogens (tertiary/aromatic N) is 3. The summed E-state index contributed by atoms with van der Waals surface area (Å²) in [6.07, 6.45) is 1.41. The number of halogens is 2. The van der Waals surface area contributed by atoms with Crippen LogP contribution in [0.4, 0.5) is 5.13 Å². The predicted molar refractivity (Wildman–Crippen MR) is 126 cm³/mol. The number of carbonyl (C=O) groups excluding carboxylic acids is 1. The van der Waals surface area contributed by atoms with E-state index >= 15 is 0 Å². The number of hydrogen-bond donors (Lipinski definition) is 0. The van der Waals surface area contributed by atoms with Gasteiger partial charge in [0.1, 0.15) is 0 Å². The van der Waals surface area contributed by atoms with E-state index in [4.69, 9.17) is 11.6 Å². The molecule has 0 saturated carbocycles. The van der Waals surface area contributed by atoms with Crippen LogP contribution in [0, 0.1) is 0 Å². The molecule has 0 unspecified atom stereocenters. The number of anilines is 1. The second kappa shape index (κ2) is 10.1. The van der Waals surface area contributed by atoms with Crippen molar-refractivity contribution in [3.8, 4) is 0 Å². The van der Waals surface area contributed by atoms with Gasteiger partial charge in [-0.2, -0.15) is 0 Å². The van der Waals surface area contributed by atoms with Gasteiger partial charge in [0.15, 0.2) is 15.0 Å². The van der Waals surface area contributed by atoms with Crippen LogP contribution in [0.2, 0.25) is 5.02 Å². The molecule has 0 aliphatic rings. The van der Waals surface area contributed by atoms with E-state index in [9.17, 15) is 13.2 Å². The molecule has 0 radical (unpaired) electrons. The second-order valence-corrected chi connectivity index (χ2v) is 10.5. The minimum absolute atomic E-state index is 0. The molecule has 0 atom stereocenters. The number of likely N-dealkylation sites (N-methyl/N-ethyl adjacent to an activating group) is 1. The molecule has 1 amide bonds. The molecule has 0 bridgehead atoms. The monoisotopic (exact) mass is 487 g/mol. The highest BCUT2D eigenvalue weighted by atomic mass is 35.5. The Morgan fingerprint density at radius 1 is 1.10 bits per heavy atom. The van der Waals surface area contributed by atoms with Crippen LogP contribution in [0.15, 0.2) is 47.4 Å². The van der Waals surface area contributed by atoms with E-state index in [1.807, 2.05) is 31.1 Å². The summed E-state index contributed by atoms with van der Waals surface area (Å²) in [5.74, 6) is -0.0726. The average molecular weight is 488 g/mol. The molecule has 6 nitrogen and oxygen atoms in total. The number of carbonyl (C=O) groups is 1. The number of hydrogen-bond acceptors (Lipinski definition) is 6. The molecule has 3 rings (SSSR count). The molecule has 0 spiro atoms. The van der Waals surface area contributed by atoms with Gasteiger partial charge >= 0.3 is 0 Å². The van der Waals surface area contributed by atoms with Crippen molar-refractivity contribution in [1.29, 1.82) is 0 Å². The van der Waals surface area contributed by atoms with Crippen LogP contribution in [0.5, 0.6) is 0 Å². The number of amides is 1. The number of aromatic nitrogens is 1. The van der Waals surface area contributed by atoms with Gasteiger partial charge in [-0.05, 0) is 50.0 Å². The lowest BCUT2D eigenvalue weighted by atomic mass is 10.1. The molecular formula is C20H23Cl2N3O3S2. The minimum Gasteiger partial charge on any atom is -0.308 e. The first-order valence-electron chi connectivity index (χ1n) is 8.93. The summed E-state index contributed by atoms with van der Waals surface area (Å²) >= 11 is 7.25. The molecule has 0 N–H and O–H groups in total. The van der Waals surface area contributed by atoms with Crippen LogP contribution < -0.4 is 4.90 Å². The fourth-order valence-electron chi connectivity index (χ4n) is 2.74. The molecule has 10 heteroatoms. The van der Waals surface area contributed by atoms with Crippen LogP contribution in [-0.2, 0) is 21.1 Å². The Bertz CT molecular complexity index is 1130. The summed E-state index contributed by atoms with van der Waals surface area (Å²) in [6.45, 7) is 1.16. The SMILES string of the molecule is CN(C)CCN(C(=O)Cc1ccc(Cl)cc1)c1nc2ccc(S(C)(=O)=O)cc2s1.Cl. The third-order valence-corrected chi connectivity index (χ3v) is 6.75. The molecule has 1 heterocycles. The van der Waals surface area contributed by atoms with Crippen molar-refractivity contribution in [1.82, 2.24) is 9.88 Å². The number of rotatable bonds is 7. The van der Waals surface area contributed by atoms with Crippen LogP contribution in [0.25, 0.3) is 10.2 Å². The minimum atomic E-state index is -3.31. The summed E-state index contributed by atoms with van der Waals surface area (Å²) in [5, 5.41) is 1.19. The quantitative estimate of drug-likeness (QED) is 0.505. The van der Waals surface area contributed by atoms with E-state index in [0.717, 1.165) is 10.3 Å². The lowest BCUT2D eigenvalue weighted by Crippen LogP contribution is -2.37. The van der Waals surface area contributed by atoms with Gasteiger partial charge in [0.25, 0.3) is 0 Å². The summed E-state index contributed by atoms with van der Waals surface area (Å²) in [4.78, 5) is 21.5. The van der Waals surface area contributed by atoms with Crippen molar-refractivity contribution >= 4 is 66.4 Å². The summed E-state index contributed by atoms with van der Waals surface area (Å²) < 4.78 is 24.4. The lowest BCUT2D eigenvalue weighted by molar-refractivity contribution is -0.118. The van der Waals surface area contributed by atoms with Gasteiger partial charge in [-0.1, -0.05) is 35.1 Å². The first-order chi connectivity index (χ1) is 13.6. The van der Waals surface area contributed by atoms with Gasteiger partial charge in [0.05, 0.1) is 21.5 Å². The zero-order chi connectivity index (χ0) is 21.2. The Morgan fingerprint density at radius 2 is 1.77 bits per heavy atom. The molecule has 0 aliphatic carbocycles. The molecule has 0 saturated heterocycles. The maximum absolute atomic E-state index is 13.1. The largest absolute Gasteiger partial charge is 0.308 e. The molecule has 30 heavy (non-hydrogen) atoms. The van der Waals surface area contributed by atoms with Gasteiger partial charge < -0.3 is 4.90 Å². The van der Waals surface area contributed by atoms with E-state index in [0.29, 0.717) is 28.8 Å². The van der Waals surface area contributed by atoms with Crippen LogP contribution in [-0.4, -0.2) is 57.6 Å². The number of benzene rings is 2. The zero-order valence-corrected chi connectivity index (χ0v) is 20.0. The van der Waals surface area contributed by atoms with Gasteiger partial charge in [0.2, 0.25) is 5.91 Å². The van der Waals surface area contributed by atoms with Crippen molar-refractivity contribution in [2.45, 2.75) is 11.3 Å². The summed E-state index contributed by atoms with van der Waals surface area (Å²) in [6, 6.07) is 12.0. The third-order valence-electron chi connectivity index (χ3n) is 4.35. The van der Waals surface area contributed by atoms with Gasteiger partial charge in [-0.3, -0.25) is 9.69 Å². The van der Waals surface area contributed by atoms with E-state index < -0.39 is 9.84 Å². The smallest absolute Gasteiger partial charge is 0.233 e. The number of thiazole rings is 1. The first kappa shape index (κ1) is 24.6. The Labute approximate surface area is 191 Å². The van der Waals surface area contributed by atoms with Crippen molar-refractivity contribution < 1.29 is 13.2 Å². The Hall–Kier alpha value is -1.71. The Kier molecular flexibility index (Phi) is 8.24. The van der Waals surface area contributed by atoms with Gasteiger partial charge in [0, 0.05) is 24.4 Å². The fourth-order valence-corrected chi connectivity index (χ4v) is 4.63. The van der Waals surface area contributed by atoms with E-state index in [1.54, 1.807) is 35.2 Å². The number of sulfone groups is 1. The van der Waals surface area contributed by atoms with Crippen LogP contribution in [0.3, 0.4) is 0 Å². The van der Waals surface area contributed by atoms with E-state index in [1.165, 1.54) is 17.6 Å². The molecule has 2 aromatic carbocycles.